The Kier molecular flexibility index (Phi) is 6.50. The van der Waals surface area contributed by atoms with Crippen LogP contribution in [0.3, 0.4) is 0 Å². The van der Waals surface area contributed by atoms with Crippen LogP contribution in [0, 0.1) is 18.3 Å². The van der Waals surface area contributed by atoms with Gasteiger partial charge >= 0.3 is 0 Å². The molecule has 0 atom stereocenters. The van der Waals surface area contributed by atoms with E-state index in [9.17, 15) is 10.1 Å². The zero-order valence-electron chi connectivity index (χ0n) is 16.9. The van der Waals surface area contributed by atoms with Crippen LogP contribution in [-0.2, 0) is 5.75 Å². The van der Waals surface area contributed by atoms with Crippen molar-refractivity contribution in [1.29, 1.82) is 5.26 Å². The van der Waals surface area contributed by atoms with E-state index < -0.39 is 0 Å². The normalized spacial score (nSPS) is 10.5. The first-order valence-electron chi connectivity index (χ1n) is 9.53. The molecule has 2 aromatic carbocycles. The second-order valence-corrected chi connectivity index (χ2v) is 8.06. The van der Waals surface area contributed by atoms with Crippen LogP contribution in [0.4, 0.5) is 5.69 Å². The van der Waals surface area contributed by atoms with Crippen molar-refractivity contribution in [1.82, 2.24) is 15.1 Å². The van der Waals surface area contributed by atoms with Crippen LogP contribution in [0.25, 0.3) is 11.4 Å². The lowest BCUT2D eigenvalue weighted by Crippen LogP contribution is -2.15. The van der Waals surface area contributed by atoms with Crippen LogP contribution >= 0.6 is 23.4 Å². The number of hydrogen-bond donors (Lipinski definition) is 1. The fourth-order valence-electron chi connectivity index (χ4n) is 2.92. The number of halogens is 1. The minimum Gasteiger partial charge on any atom is -0.338 e. The van der Waals surface area contributed by atoms with E-state index >= 15 is 0 Å². The van der Waals surface area contributed by atoms with E-state index in [2.05, 4.69) is 26.5 Å². The van der Waals surface area contributed by atoms with Crippen LogP contribution in [-0.4, -0.2) is 21.0 Å². The second kappa shape index (κ2) is 9.64. The van der Waals surface area contributed by atoms with Gasteiger partial charge in [-0.1, -0.05) is 58.9 Å². The van der Waals surface area contributed by atoms with Crippen LogP contribution in [0.2, 0.25) is 5.02 Å². The summed E-state index contributed by atoms with van der Waals surface area (Å²) in [6, 6.07) is 20.0. The number of pyridine rings is 1. The van der Waals surface area contributed by atoms with Gasteiger partial charge in [-0.2, -0.15) is 10.2 Å². The highest BCUT2D eigenvalue weighted by molar-refractivity contribution is 7.98. The van der Waals surface area contributed by atoms with E-state index in [1.54, 1.807) is 31.2 Å². The molecule has 7 nitrogen and oxygen atoms in total. The van der Waals surface area contributed by atoms with Gasteiger partial charge in [-0.25, -0.2) is 4.98 Å². The van der Waals surface area contributed by atoms with Crippen LogP contribution in [0.15, 0.2) is 70.2 Å². The third-order valence-electron chi connectivity index (χ3n) is 4.49. The zero-order chi connectivity index (χ0) is 22.5. The lowest BCUT2D eigenvalue weighted by atomic mass is 10.1. The fraction of sp³-hybridized carbons (Fsp3) is 0.0870. The van der Waals surface area contributed by atoms with Gasteiger partial charge in [0.2, 0.25) is 11.7 Å². The van der Waals surface area contributed by atoms with Crippen molar-refractivity contribution in [3.8, 4) is 17.5 Å². The van der Waals surface area contributed by atoms with E-state index in [1.807, 2.05) is 36.4 Å². The molecule has 4 rings (SSSR count). The van der Waals surface area contributed by atoms with Crippen molar-refractivity contribution in [2.75, 3.05) is 5.32 Å². The molecule has 0 bridgehead atoms. The number of rotatable bonds is 6. The molecule has 0 saturated carbocycles. The largest absolute Gasteiger partial charge is 0.338 e. The molecule has 158 valence electrons. The van der Waals surface area contributed by atoms with Gasteiger partial charge in [-0.05, 0) is 37.3 Å². The van der Waals surface area contributed by atoms with Crippen molar-refractivity contribution in [2.45, 2.75) is 17.7 Å². The molecule has 0 fully saturated rings. The maximum atomic E-state index is 12.6. The molecule has 2 heterocycles. The Balaban J connectivity index is 1.50. The summed E-state index contributed by atoms with van der Waals surface area (Å²) in [5.41, 5.74) is 2.50. The number of thioether (sulfide) groups is 1. The SMILES string of the molecule is Cc1nc(SCc2nc(-c3ccccc3Cl)no2)c(C#N)cc1C(=O)Nc1ccccc1. The lowest BCUT2D eigenvalue weighted by molar-refractivity contribution is 0.102. The van der Waals surface area contributed by atoms with Gasteiger partial charge in [0.25, 0.3) is 5.91 Å². The first-order chi connectivity index (χ1) is 15.5. The highest BCUT2D eigenvalue weighted by Crippen LogP contribution is 2.29. The van der Waals surface area contributed by atoms with E-state index in [0.717, 1.165) is 0 Å². The van der Waals surface area contributed by atoms with Gasteiger partial charge in [-0.3, -0.25) is 4.79 Å². The number of carbonyl (C=O) groups is 1. The molecule has 1 N–H and O–H groups in total. The molecule has 2 aromatic heterocycles. The van der Waals surface area contributed by atoms with E-state index in [4.69, 9.17) is 16.1 Å². The molecule has 0 saturated heterocycles. The first kappa shape index (κ1) is 21.6. The number of para-hydroxylation sites is 1. The molecule has 4 aromatic rings. The lowest BCUT2D eigenvalue weighted by Gasteiger charge is -2.10. The highest BCUT2D eigenvalue weighted by atomic mass is 35.5. The number of aryl methyl sites for hydroxylation is 1. The number of anilines is 1. The predicted molar refractivity (Wildman–Crippen MR) is 122 cm³/mol. The van der Waals surface area contributed by atoms with Gasteiger partial charge in [-0.15, -0.1) is 0 Å². The van der Waals surface area contributed by atoms with Crippen molar-refractivity contribution >= 4 is 35.0 Å². The van der Waals surface area contributed by atoms with Gasteiger partial charge in [0, 0.05) is 11.3 Å². The number of nitrogens with one attached hydrogen (secondary N) is 1. The summed E-state index contributed by atoms with van der Waals surface area (Å²) in [6.45, 7) is 1.73. The number of hydrogen-bond acceptors (Lipinski definition) is 7. The third kappa shape index (κ3) is 4.80. The molecule has 0 aliphatic heterocycles. The van der Waals surface area contributed by atoms with Gasteiger partial charge in [0.05, 0.1) is 27.6 Å². The quantitative estimate of drug-likeness (QED) is 0.377. The zero-order valence-corrected chi connectivity index (χ0v) is 18.4. The fourth-order valence-corrected chi connectivity index (χ4v) is 3.98. The van der Waals surface area contributed by atoms with Crippen molar-refractivity contribution in [3.05, 3.63) is 88.4 Å². The Bertz CT molecular complexity index is 1320. The number of aromatic nitrogens is 3. The molecular weight excluding hydrogens is 446 g/mol. The summed E-state index contributed by atoms with van der Waals surface area (Å²) < 4.78 is 5.31. The summed E-state index contributed by atoms with van der Waals surface area (Å²) in [5.74, 6) is 0.757. The van der Waals surface area contributed by atoms with Crippen LogP contribution < -0.4 is 5.32 Å². The molecule has 0 spiro atoms. The molecule has 0 aliphatic rings. The summed E-state index contributed by atoms with van der Waals surface area (Å²) in [4.78, 5) is 21.5. The molecule has 1 amide bonds. The smallest absolute Gasteiger partial charge is 0.257 e. The molecule has 32 heavy (non-hydrogen) atoms. The Labute approximate surface area is 193 Å². The maximum absolute atomic E-state index is 12.6. The van der Waals surface area contributed by atoms with Gasteiger partial charge in [0.15, 0.2) is 0 Å². The molecule has 0 aliphatic carbocycles. The molecule has 0 unspecified atom stereocenters. The van der Waals surface area contributed by atoms with Crippen molar-refractivity contribution < 1.29 is 9.32 Å². The van der Waals surface area contributed by atoms with E-state index in [0.29, 0.717) is 55.6 Å². The Morgan fingerprint density at radius 2 is 1.91 bits per heavy atom. The van der Waals surface area contributed by atoms with Crippen molar-refractivity contribution in [2.24, 2.45) is 0 Å². The summed E-state index contributed by atoms with van der Waals surface area (Å²) in [7, 11) is 0. The monoisotopic (exact) mass is 461 g/mol. The van der Waals surface area contributed by atoms with Gasteiger partial charge in [0.1, 0.15) is 11.1 Å². The third-order valence-corrected chi connectivity index (χ3v) is 5.80. The number of carbonyl (C=O) groups excluding carboxylic acids is 1. The van der Waals surface area contributed by atoms with Crippen molar-refractivity contribution in [3.63, 3.8) is 0 Å². The molecule has 0 radical (unpaired) electrons. The minimum absolute atomic E-state index is 0.296. The average molecular weight is 462 g/mol. The Morgan fingerprint density at radius 1 is 1.16 bits per heavy atom. The second-order valence-electron chi connectivity index (χ2n) is 6.69. The summed E-state index contributed by atoms with van der Waals surface area (Å²) >= 11 is 7.47. The standard InChI is InChI=1S/C23H16ClN5O2S/c1-14-18(22(30)27-16-7-3-2-4-8-16)11-15(12-25)23(26-14)32-13-20-28-21(29-31-20)17-9-5-6-10-19(17)24/h2-11H,13H2,1H3,(H,27,30). The first-order valence-corrected chi connectivity index (χ1v) is 10.9. The molecular formula is C23H16ClN5O2S. The number of nitrogens with zero attached hydrogens (tertiary/aromatic N) is 4. The summed E-state index contributed by atoms with van der Waals surface area (Å²) in [6.07, 6.45) is 0. The summed E-state index contributed by atoms with van der Waals surface area (Å²) in [5, 5.41) is 17.4. The number of benzene rings is 2. The molecule has 9 heteroatoms. The maximum Gasteiger partial charge on any atom is 0.257 e. The van der Waals surface area contributed by atoms with Crippen LogP contribution in [0.1, 0.15) is 27.5 Å². The van der Waals surface area contributed by atoms with E-state index in [1.165, 1.54) is 11.8 Å². The van der Waals surface area contributed by atoms with Crippen LogP contribution in [0.5, 0.6) is 0 Å². The number of nitriles is 1. The highest BCUT2D eigenvalue weighted by Gasteiger charge is 2.17. The average Bonchev–Trinajstić information content (AvgIpc) is 3.27. The van der Waals surface area contributed by atoms with Gasteiger partial charge < -0.3 is 9.84 Å². The van der Waals surface area contributed by atoms with E-state index in [-0.39, 0.29) is 5.91 Å². The minimum atomic E-state index is -0.324. The number of amides is 1. The Hall–Kier alpha value is -3.67. The predicted octanol–water partition coefficient (Wildman–Crippen LogP) is 5.51. The topological polar surface area (TPSA) is 105 Å². The Morgan fingerprint density at radius 3 is 2.66 bits per heavy atom.